The lowest BCUT2D eigenvalue weighted by atomic mass is 10.2. The smallest absolute Gasteiger partial charge is 0.267 e. The number of amides is 1. The average molecular weight is 385 g/mol. The number of halogens is 1. The average Bonchev–Trinajstić information content (AvgIpc) is 2.89. The fourth-order valence-electron chi connectivity index (χ4n) is 2.42. The zero-order valence-electron chi connectivity index (χ0n) is 14.1. The van der Waals surface area contributed by atoms with E-state index in [1.165, 1.54) is 11.8 Å². The van der Waals surface area contributed by atoms with E-state index in [2.05, 4.69) is 11.6 Å². The first-order valence-corrected chi connectivity index (χ1v) is 9.13. The molecule has 26 heavy (non-hydrogen) atoms. The van der Waals surface area contributed by atoms with Crippen LogP contribution in [0.2, 0.25) is 5.02 Å². The van der Waals surface area contributed by atoms with E-state index in [-0.39, 0.29) is 11.7 Å². The Kier molecular flexibility index (Phi) is 5.49. The topological polar surface area (TPSA) is 52.9 Å². The molecule has 0 aromatic heterocycles. The Bertz CT molecular complexity index is 920. The van der Waals surface area contributed by atoms with E-state index < -0.39 is 0 Å². The summed E-state index contributed by atoms with van der Waals surface area (Å²) in [6, 6.07) is 12.5. The van der Waals surface area contributed by atoms with Gasteiger partial charge in [-0.05, 0) is 60.2 Å². The fourth-order valence-corrected chi connectivity index (χ4v) is 3.55. The molecule has 0 radical (unpaired) electrons. The number of rotatable bonds is 4. The molecule has 0 unspecified atom stereocenters. The van der Waals surface area contributed by atoms with Gasteiger partial charge in [-0.2, -0.15) is 0 Å². The van der Waals surface area contributed by atoms with Crippen LogP contribution >= 0.6 is 23.4 Å². The quantitative estimate of drug-likeness (QED) is 0.586. The Morgan fingerprint density at radius 2 is 2.00 bits per heavy atom. The number of aryl methyl sites for hydroxylation is 1. The van der Waals surface area contributed by atoms with Crippen molar-refractivity contribution < 1.29 is 9.90 Å². The molecule has 0 bridgehead atoms. The number of aromatic hydroxyl groups is 1. The first-order chi connectivity index (χ1) is 12.5. The van der Waals surface area contributed by atoms with E-state index in [0.717, 1.165) is 11.1 Å². The Hall–Kier alpha value is -2.50. The first kappa shape index (κ1) is 18.3. The number of thioether (sulfide) groups is 1. The molecule has 4 nitrogen and oxygen atoms in total. The first-order valence-electron chi connectivity index (χ1n) is 7.94. The van der Waals surface area contributed by atoms with Crippen LogP contribution in [-0.4, -0.2) is 27.6 Å². The van der Waals surface area contributed by atoms with E-state index >= 15 is 0 Å². The third-order valence-corrected chi connectivity index (χ3v) is 4.97. The fraction of sp³-hybridized carbons (Fsp3) is 0.100. The molecule has 2 aromatic rings. The number of aliphatic imine (C=N–C) groups is 1. The Labute approximate surface area is 161 Å². The van der Waals surface area contributed by atoms with Gasteiger partial charge in [0.25, 0.3) is 5.91 Å². The lowest BCUT2D eigenvalue weighted by Crippen LogP contribution is -2.29. The Morgan fingerprint density at radius 3 is 2.65 bits per heavy atom. The summed E-state index contributed by atoms with van der Waals surface area (Å²) in [4.78, 5) is 19.3. The van der Waals surface area contributed by atoms with Gasteiger partial charge in [-0.25, -0.2) is 4.99 Å². The highest BCUT2D eigenvalue weighted by molar-refractivity contribution is 8.18. The molecule has 2 aromatic carbocycles. The van der Waals surface area contributed by atoms with Gasteiger partial charge < -0.3 is 5.11 Å². The second kappa shape index (κ2) is 7.81. The van der Waals surface area contributed by atoms with Crippen molar-refractivity contribution in [3.63, 3.8) is 0 Å². The van der Waals surface area contributed by atoms with Crippen LogP contribution in [0.25, 0.3) is 6.08 Å². The van der Waals surface area contributed by atoms with Gasteiger partial charge in [-0.1, -0.05) is 35.9 Å². The highest BCUT2D eigenvalue weighted by Gasteiger charge is 2.32. The van der Waals surface area contributed by atoms with E-state index in [4.69, 9.17) is 11.6 Å². The van der Waals surface area contributed by atoms with Crippen molar-refractivity contribution in [1.29, 1.82) is 0 Å². The number of amidine groups is 1. The van der Waals surface area contributed by atoms with Crippen molar-refractivity contribution >= 4 is 46.2 Å². The standard InChI is InChI=1S/C20H17ClN2O2S/c1-3-10-23-19(25)18(12-14-5-7-15(21)8-6-14)26-20(23)22-16-9-4-13(2)11-17(16)24/h3-9,11-12,24H,1,10H2,2H3/b18-12-,22-20?. The maximum absolute atomic E-state index is 12.7. The molecular formula is C20H17ClN2O2S. The molecular weight excluding hydrogens is 368 g/mol. The van der Waals surface area contributed by atoms with Crippen LogP contribution in [0.15, 0.2) is 65.0 Å². The van der Waals surface area contributed by atoms with Crippen molar-refractivity contribution in [2.24, 2.45) is 4.99 Å². The summed E-state index contributed by atoms with van der Waals surface area (Å²) in [5.41, 5.74) is 2.24. The zero-order valence-corrected chi connectivity index (χ0v) is 15.7. The second-order valence-corrected chi connectivity index (χ2v) is 7.20. The number of carbonyl (C=O) groups excluding carboxylic acids is 1. The molecule has 1 amide bonds. The summed E-state index contributed by atoms with van der Waals surface area (Å²) < 4.78 is 0. The van der Waals surface area contributed by atoms with Crippen molar-refractivity contribution in [2.75, 3.05) is 6.54 Å². The predicted molar refractivity (Wildman–Crippen MR) is 109 cm³/mol. The predicted octanol–water partition coefficient (Wildman–Crippen LogP) is 5.14. The van der Waals surface area contributed by atoms with Gasteiger partial charge in [0.15, 0.2) is 5.17 Å². The lowest BCUT2D eigenvalue weighted by Gasteiger charge is -2.12. The van der Waals surface area contributed by atoms with E-state index in [1.54, 1.807) is 41.3 Å². The van der Waals surface area contributed by atoms with Gasteiger partial charge in [0.05, 0.1) is 4.91 Å². The molecule has 0 spiro atoms. The Balaban J connectivity index is 1.97. The summed E-state index contributed by atoms with van der Waals surface area (Å²) in [5, 5.41) is 11.2. The van der Waals surface area contributed by atoms with Crippen molar-refractivity contribution in [2.45, 2.75) is 6.92 Å². The number of carbonyl (C=O) groups is 1. The van der Waals surface area contributed by atoms with Crippen LogP contribution in [0, 0.1) is 6.92 Å². The van der Waals surface area contributed by atoms with Gasteiger partial charge in [0.2, 0.25) is 0 Å². The van der Waals surface area contributed by atoms with Gasteiger partial charge in [0.1, 0.15) is 11.4 Å². The zero-order chi connectivity index (χ0) is 18.7. The molecule has 1 fully saturated rings. The Morgan fingerprint density at radius 1 is 1.27 bits per heavy atom. The number of nitrogens with zero attached hydrogens (tertiary/aromatic N) is 2. The number of phenols is 1. The van der Waals surface area contributed by atoms with Crippen LogP contribution in [0.4, 0.5) is 5.69 Å². The largest absolute Gasteiger partial charge is 0.506 e. The minimum Gasteiger partial charge on any atom is -0.506 e. The van der Waals surface area contributed by atoms with Gasteiger partial charge in [-0.3, -0.25) is 9.69 Å². The summed E-state index contributed by atoms with van der Waals surface area (Å²) in [5.74, 6) is -0.0607. The van der Waals surface area contributed by atoms with Crippen LogP contribution in [-0.2, 0) is 4.79 Å². The normalized spacial score (nSPS) is 17.3. The van der Waals surface area contributed by atoms with E-state index in [1.807, 2.05) is 25.1 Å². The highest BCUT2D eigenvalue weighted by Crippen LogP contribution is 2.36. The summed E-state index contributed by atoms with van der Waals surface area (Å²) >= 11 is 7.18. The monoisotopic (exact) mass is 384 g/mol. The van der Waals surface area contributed by atoms with Crippen LogP contribution in [0.3, 0.4) is 0 Å². The maximum atomic E-state index is 12.7. The van der Waals surface area contributed by atoms with Gasteiger partial charge in [-0.15, -0.1) is 6.58 Å². The highest BCUT2D eigenvalue weighted by atomic mass is 35.5. The molecule has 132 valence electrons. The molecule has 1 N–H and O–H groups in total. The molecule has 0 saturated carbocycles. The molecule has 0 aliphatic carbocycles. The van der Waals surface area contributed by atoms with Crippen LogP contribution < -0.4 is 0 Å². The minimum absolute atomic E-state index is 0.0826. The van der Waals surface area contributed by atoms with Crippen molar-refractivity contribution in [3.8, 4) is 5.75 Å². The molecule has 1 heterocycles. The maximum Gasteiger partial charge on any atom is 0.267 e. The summed E-state index contributed by atoms with van der Waals surface area (Å²) in [6.45, 7) is 5.94. The van der Waals surface area contributed by atoms with E-state index in [9.17, 15) is 9.90 Å². The molecule has 1 aliphatic heterocycles. The molecule has 1 saturated heterocycles. The molecule has 6 heteroatoms. The van der Waals surface area contributed by atoms with E-state index in [0.29, 0.717) is 27.3 Å². The molecule has 3 rings (SSSR count). The summed E-state index contributed by atoms with van der Waals surface area (Å²) in [6.07, 6.45) is 3.45. The summed E-state index contributed by atoms with van der Waals surface area (Å²) in [7, 11) is 0. The molecule has 0 atom stereocenters. The van der Waals surface area contributed by atoms with Crippen molar-refractivity contribution in [1.82, 2.24) is 4.90 Å². The third kappa shape index (κ3) is 4.00. The number of hydrogen-bond donors (Lipinski definition) is 1. The number of benzene rings is 2. The van der Waals surface area contributed by atoms with Gasteiger partial charge in [0, 0.05) is 11.6 Å². The second-order valence-electron chi connectivity index (χ2n) is 5.75. The molecule has 1 aliphatic rings. The minimum atomic E-state index is -0.143. The third-order valence-electron chi connectivity index (χ3n) is 3.71. The van der Waals surface area contributed by atoms with Crippen LogP contribution in [0.5, 0.6) is 5.75 Å². The van der Waals surface area contributed by atoms with Crippen LogP contribution in [0.1, 0.15) is 11.1 Å². The van der Waals surface area contributed by atoms with Crippen molar-refractivity contribution in [3.05, 3.63) is 76.2 Å². The number of hydrogen-bond acceptors (Lipinski definition) is 4. The SMILES string of the molecule is C=CCN1C(=O)/C(=C/c2ccc(Cl)cc2)SC1=Nc1ccc(C)cc1O. The number of phenolic OH excluding ortho intramolecular Hbond substituents is 1. The van der Waals surface area contributed by atoms with Gasteiger partial charge >= 0.3 is 0 Å². The lowest BCUT2D eigenvalue weighted by molar-refractivity contribution is -0.121.